The summed E-state index contributed by atoms with van der Waals surface area (Å²) in [6.45, 7) is 0. The van der Waals surface area contributed by atoms with E-state index >= 15 is 0 Å². The van der Waals surface area contributed by atoms with E-state index in [-0.39, 0.29) is 5.28 Å². The van der Waals surface area contributed by atoms with Gasteiger partial charge in [-0.25, -0.2) is 9.97 Å². The van der Waals surface area contributed by atoms with E-state index in [0.29, 0.717) is 10.0 Å². The van der Waals surface area contributed by atoms with Gasteiger partial charge in [0.15, 0.2) is 4.34 Å². The Bertz CT molecular complexity index is 433. The lowest BCUT2D eigenvalue weighted by Gasteiger charge is -1.98. The zero-order valence-electron chi connectivity index (χ0n) is 6.52. The number of aromatic nitrogens is 4. The van der Waals surface area contributed by atoms with Gasteiger partial charge in [0.05, 0.1) is 11.2 Å². The third-order valence-electron chi connectivity index (χ3n) is 1.21. The van der Waals surface area contributed by atoms with Crippen LogP contribution in [0.4, 0.5) is 0 Å². The van der Waals surface area contributed by atoms with Crippen LogP contribution < -0.4 is 0 Å². The molecule has 4 nitrogen and oxygen atoms in total. The van der Waals surface area contributed by atoms with E-state index < -0.39 is 0 Å². The maximum Gasteiger partial charge on any atom is 0.223 e. The Labute approximate surface area is 97.7 Å². The summed E-state index contributed by atoms with van der Waals surface area (Å²) in [5, 5.41) is 8.76. The quantitative estimate of drug-likeness (QED) is 0.617. The Morgan fingerprint density at radius 2 is 2.21 bits per heavy atom. The third-order valence-corrected chi connectivity index (χ3v) is 3.56. The first-order valence-corrected chi connectivity index (χ1v) is 5.83. The molecule has 0 bridgehead atoms. The Morgan fingerprint density at radius 3 is 2.93 bits per heavy atom. The predicted molar refractivity (Wildman–Crippen MR) is 56.1 cm³/mol. The second-order valence-electron chi connectivity index (χ2n) is 2.10. The van der Waals surface area contributed by atoms with Crippen molar-refractivity contribution in [3.05, 3.63) is 22.0 Å². The van der Waals surface area contributed by atoms with E-state index in [0.717, 1.165) is 4.34 Å². The van der Waals surface area contributed by atoms with Crippen LogP contribution in [0.3, 0.4) is 0 Å². The molecule has 0 N–H and O–H groups in total. The van der Waals surface area contributed by atoms with Crippen LogP contribution >= 0.6 is 46.3 Å². The first kappa shape index (κ1) is 10.1. The minimum absolute atomic E-state index is 0.168. The van der Waals surface area contributed by atoms with Crippen LogP contribution in [0.1, 0.15) is 0 Å². The monoisotopic (exact) mass is 264 g/mol. The van der Waals surface area contributed by atoms with Gasteiger partial charge in [0.1, 0.15) is 10.5 Å². The van der Waals surface area contributed by atoms with E-state index in [2.05, 4.69) is 20.2 Å². The van der Waals surface area contributed by atoms with Gasteiger partial charge < -0.3 is 0 Å². The summed E-state index contributed by atoms with van der Waals surface area (Å²) >= 11 is 14.2. The summed E-state index contributed by atoms with van der Waals surface area (Å²) in [6.07, 6.45) is 1.46. The van der Waals surface area contributed by atoms with Crippen molar-refractivity contribution in [3.8, 4) is 0 Å². The summed E-state index contributed by atoms with van der Waals surface area (Å²) in [7, 11) is 0. The van der Waals surface area contributed by atoms with Crippen molar-refractivity contribution in [2.45, 2.75) is 9.37 Å². The van der Waals surface area contributed by atoms with Gasteiger partial charge in [-0.2, -0.15) is 0 Å². The van der Waals surface area contributed by atoms with Crippen LogP contribution in [0.25, 0.3) is 0 Å². The Kier molecular flexibility index (Phi) is 3.17. The van der Waals surface area contributed by atoms with Gasteiger partial charge in [0.2, 0.25) is 5.28 Å². The van der Waals surface area contributed by atoms with Crippen molar-refractivity contribution in [1.82, 2.24) is 20.2 Å². The van der Waals surface area contributed by atoms with E-state index in [1.807, 2.05) is 0 Å². The van der Waals surface area contributed by atoms with Gasteiger partial charge >= 0.3 is 0 Å². The molecule has 2 aromatic heterocycles. The highest BCUT2D eigenvalue weighted by molar-refractivity contribution is 8.01. The van der Waals surface area contributed by atoms with E-state index in [4.69, 9.17) is 23.2 Å². The molecule has 0 spiro atoms. The van der Waals surface area contributed by atoms with Crippen molar-refractivity contribution in [2.24, 2.45) is 0 Å². The predicted octanol–water partition coefficient (Wildman–Crippen LogP) is 2.79. The minimum atomic E-state index is 0.168. The molecule has 0 saturated heterocycles. The number of rotatable bonds is 2. The second kappa shape index (κ2) is 4.39. The largest absolute Gasteiger partial charge is 0.225 e. The van der Waals surface area contributed by atoms with Gasteiger partial charge in [-0.3, -0.25) is 0 Å². The fraction of sp³-hybridized carbons (Fsp3) is 0. The molecule has 0 amide bonds. The molecule has 0 aliphatic carbocycles. The molecule has 0 atom stereocenters. The first-order chi connectivity index (χ1) is 6.75. The van der Waals surface area contributed by atoms with Crippen LogP contribution in [0.2, 0.25) is 10.3 Å². The average Bonchev–Trinajstić information content (AvgIpc) is 2.64. The van der Waals surface area contributed by atoms with Crippen LogP contribution in [0.5, 0.6) is 0 Å². The van der Waals surface area contributed by atoms with Crippen LogP contribution in [0, 0.1) is 0 Å². The highest BCUT2D eigenvalue weighted by atomic mass is 35.5. The Morgan fingerprint density at radius 1 is 1.36 bits per heavy atom. The lowest BCUT2D eigenvalue weighted by molar-refractivity contribution is 0.999. The molecule has 0 aromatic carbocycles. The second-order valence-corrected chi connectivity index (χ2v) is 4.91. The molecule has 0 unspecified atom stereocenters. The van der Waals surface area contributed by atoms with Crippen LogP contribution in [-0.2, 0) is 0 Å². The molecule has 8 heteroatoms. The molecule has 0 radical (unpaired) electrons. The van der Waals surface area contributed by atoms with Crippen LogP contribution in [-0.4, -0.2) is 20.2 Å². The summed E-state index contributed by atoms with van der Waals surface area (Å²) in [6, 6.07) is 0. The molecule has 2 heterocycles. The van der Waals surface area contributed by atoms with Crippen molar-refractivity contribution < 1.29 is 0 Å². The molecule has 0 fully saturated rings. The van der Waals surface area contributed by atoms with Crippen molar-refractivity contribution in [1.29, 1.82) is 0 Å². The zero-order chi connectivity index (χ0) is 9.97. The molecule has 14 heavy (non-hydrogen) atoms. The highest BCUT2D eigenvalue weighted by Gasteiger charge is 2.08. The highest BCUT2D eigenvalue weighted by Crippen LogP contribution is 2.32. The summed E-state index contributed by atoms with van der Waals surface area (Å²) in [5.41, 5.74) is 1.64. The van der Waals surface area contributed by atoms with Gasteiger partial charge in [-0.15, -0.1) is 10.2 Å². The number of halogens is 2. The topological polar surface area (TPSA) is 51.6 Å². The molecular weight excluding hydrogens is 263 g/mol. The molecular formula is C6H2Cl2N4S2. The number of hydrogen-bond acceptors (Lipinski definition) is 6. The van der Waals surface area contributed by atoms with Crippen molar-refractivity contribution in [3.63, 3.8) is 0 Å². The van der Waals surface area contributed by atoms with Gasteiger partial charge in [0.25, 0.3) is 0 Å². The van der Waals surface area contributed by atoms with Crippen molar-refractivity contribution in [2.75, 3.05) is 0 Å². The Balaban J connectivity index is 2.28. The van der Waals surface area contributed by atoms with Crippen molar-refractivity contribution >= 4 is 46.3 Å². The zero-order valence-corrected chi connectivity index (χ0v) is 9.66. The fourth-order valence-electron chi connectivity index (χ4n) is 0.693. The average molecular weight is 265 g/mol. The maximum atomic E-state index is 5.87. The third kappa shape index (κ3) is 2.33. The lowest BCUT2D eigenvalue weighted by atomic mass is 10.7. The lowest BCUT2D eigenvalue weighted by Crippen LogP contribution is -1.86. The molecule has 0 aliphatic rings. The standard InChI is InChI=1S/C6H2Cl2N4S2/c7-3-1-9-5(8)11-4(3)14-6-12-10-2-13-6/h1-2H. The molecule has 2 aromatic rings. The summed E-state index contributed by atoms with van der Waals surface area (Å²) < 4.78 is 0.765. The first-order valence-electron chi connectivity index (χ1n) is 3.38. The fourth-order valence-corrected chi connectivity index (χ4v) is 2.46. The minimum Gasteiger partial charge on any atom is -0.225 e. The molecule has 72 valence electrons. The van der Waals surface area contributed by atoms with E-state index in [1.54, 1.807) is 5.51 Å². The molecule has 0 aliphatic heterocycles. The van der Waals surface area contributed by atoms with E-state index in [9.17, 15) is 0 Å². The van der Waals surface area contributed by atoms with Gasteiger partial charge in [0, 0.05) is 0 Å². The van der Waals surface area contributed by atoms with E-state index in [1.165, 1.54) is 29.3 Å². The summed E-state index contributed by atoms with van der Waals surface area (Å²) in [4.78, 5) is 7.72. The summed E-state index contributed by atoms with van der Waals surface area (Å²) in [5.74, 6) is 0. The molecule has 2 rings (SSSR count). The normalized spacial score (nSPS) is 10.4. The van der Waals surface area contributed by atoms with Gasteiger partial charge in [-0.1, -0.05) is 22.9 Å². The number of hydrogen-bond donors (Lipinski definition) is 0. The molecule has 0 saturated carbocycles. The SMILES string of the molecule is Clc1ncc(Cl)c(Sc2nncs2)n1. The van der Waals surface area contributed by atoms with Gasteiger partial charge in [-0.05, 0) is 23.4 Å². The van der Waals surface area contributed by atoms with Crippen LogP contribution in [0.15, 0.2) is 21.1 Å². The number of nitrogens with zero attached hydrogens (tertiary/aromatic N) is 4. The maximum absolute atomic E-state index is 5.87. The Hall–Kier alpha value is -0.430. The smallest absolute Gasteiger partial charge is 0.223 e.